The summed E-state index contributed by atoms with van der Waals surface area (Å²) in [6.07, 6.45) is 6.65. The number of hydrogen-bond donors (Lipinski definition) is 1. The zero-order valence-corrected chi connectivity index (χ0v) is 15.8. The first-order chi connectivity index (χ1) is 12.6. The molecule has 0 radical (unpaired) electrons. The summed E-state index contributed by atoms with van der Waals surface area (Å²) in [5, 5.41) is 3.56. The molecule has 3 aliphatic rings. The molecule has 1 aromatic carbocycles. The van der Waals surface area contributed by atoms with Crippen LogP contribution in [0.15, 0.2) is 18.2 Å². The Morgan fingerprint density at radius 2 is 1.96 bits per heavy atom. The fourth-order valence-corrected chi connectivity index (χ4v) is 4.81. The Bertz CT molecular complexity index is 640. The number of nitrogens with one attached hydrogen (secondary N) is 1. The number of carbonyl (C=O) groups is 1. The lowest BCUT2D eigenvalue weighted by molar-refractivity contribution is -0.125. The lowest BCUT2D eigenvalue weighted by Crippen LogP contribution is -2.46. The molecule has 0 unspecified atom stereocenters. The molecule has 0 spiro atoms. The van der Waals surface area contributed by atoms with Gasteiger partial charge >= 0.3 is 0 Å². The maximum absolute atomic E-state index is 14.5. The number of nitrogens with zero attached hydrogens (tertiary/aromatic N) is 2. The van der Waals surface area contributed by atoms with Crippen LogP contribution in [0, 0.1) is 5.82 Å². The van der Waals surface area contributed by atoms with Crippen LogP contribution in [0.5, 0.6) is 0 Å². The normalized spacial score (nSPS) is 25.5. The van der Waals surface area contributed by atoms with E-state index in [2.05, 4.69) is 15.1 Å². The van der Waals surface area contributed by atoms with Crippen molar-refractivity contribution in [2.45, 2.75) is 56.7 Å². The summed E-state index contributed by atoms with van der Waals surface area (Å²) in [6, 6.07) is 5.20. The van der Waals surface area contributed by atoms with Crippen LogP contribution in [0.2, 0.25) is 5.02 Å². The molecule has 0 bridgehead atoms. The lowest BCUT2D eigenvalue weighted by atomic mass is 10.0. The standard InChI is InChI=1S/C20H27ClFN3O/c21-15-5-3-6-16(22)19(15)18(24-10-1-2-11-24)13-23-20(26)17-7-4-12-25(17)14-8-9-14/h3,5-6,14,17-18H,1-2,4,7-13H2,(H,23,26)/t17-,18-/m1/s1. The number of amides is 1. The third kappa shape index (κ3) is 3.75. The van der Waals surface area contributed by atoms with Gasteiger partial charge in [0.15, 0.2) is 0 Å². The molecule has 2 atom stereocenters. The highest BCUT2D eigenvalue weighted by Crippen LogP contribution is 2.34. The van der Waals surface area contributed by atoms with E-state index in [-0.39, 0.29) is 23.8 Å². The van der Waals surface area contributed by atoms with E-state index in [1.165, 1.54) is 18.9 Å². The molecule has 1 aromatic rings. The Labute approximate surface area is 159 Å². The van der Waals surface area contributed by atoms with Crippen molar-refractivity contribution in [3.8, 4) is 0 Å². The molecule has 1 saturated carbocycles. The fourth-order valence-electron chi connectivity index (χ4n) is 4.52. The molecule has 2 aliphatic heterocycles. The van der Waals surface area contributed by atoms with Gasteiger partial charge in [-0.05, 0) is 70.3 Å². The highest BCUT2D eigenvalue weighted by Gasteiger charge is 2.40. The van der Waals surface area contributed by atoms with Crippen LogP contribution in [0.1, 0.15) is 50.1 Å². The van der Waals surface area contributed by atoms with Gasteiger partial charge in [0.2, 0.25) is 5.91 Å². The second-order valence-electron chi connectivity index (χ2n) is 7.77. The monoisotopic (exact) mass is 379 g/mol. The van der Waals surface area contributed by atoms with Gasteiger partial charge < -0.3 is 5.32 Å². The minimum atomic E-state index is -0.288. The highest BCUT2D eigenvalue weighted by molar-refractivity contribution is 6.31. The lowest BCUT2D eigenvalue weighted by Gasteiger charge is -2.30. The SMILES string of the molecule is O=C(NC[C@H](c1c(F)cccc1Cl)N1CCCC1)[C@H]1CCCN1C1CC1. The van der Waals surface area contributed by atoms with E-state index in [0.717, 1.165) is 45.3 Å². The number of rotatable bonds is 6. The molecular weight excluding hydrogens is 353 g/mol. The van der Waals surface area contributed by atoms with E-state index >= 15 is 0 Å². The first-order valence-electron chi connectivity index (χ1n) is 9.86. The zero-order valence-electron chi connectivity index (χ0n) is 15.1. The summed E-state index contributed by atoms with van der Waals surface area (Å²) in [4.78, 5) is 17.4. The van der Waals surface area contributed by atoms with E-state index in [0.29, 0.717) is 23.2 Å². The first kappa shape index (κ1) is 18.2. The minimum Gasteiger partial charge on any atom is -0.353 e. The maximum atomic E-state index is 14.5. The quantitative estimate of drug-likeness (QED) is 0.823. The molecule has 142 valence electrons. The Balaban J connectivity index is 1.47. The second kappa shape index (κ2) is 7.83. The van der Waals surface area contributed by atoms with Crippen molar-refractivity contribution in [2.75, 3.05) is 26.2 Å². The number of carbonyl (C=O) groups excluding carboxylic acids is 1. The predicted molar refractivity (Wildman–Crippen MR) is 101 cm³/mol. The molecule has 0 aromatic heterocycles. The van der Waals surface area contributed by atoms with Gasteiger partial charge in [0.05, 0.1) is 12.1 Å². The van der Waals surface area contributed by atoms with Gasteiger partial charge in [0.1, 0.15) is 5.82 Å². The molecule has 4 nitrogen and oxygen atoms in total. The molecule has 1 amide bonds. The summed E-state index contributed by atoms with van der Waals surface area (Å²) in [5.41, 5.74) is 0.516. The fraction of sp³-hybridized carbons (Fsp3) is 0.650. The number of hydrogen-bond acceptors (Lipinski definition) is 3. The van der Waals surface area contributed by atoms with Gasteiger partial charge in [-0.3, -0.25) is 14.6 Å². The topological polar surface area (TPSA) is 35.6 Å². The van der Waals surface area contributed by atoms with Gasteiger partial charge in [-0.1, -0.05) is 17.7 Å². The minimum absolute atomic E-state index is 0.0159. The van der Waals surface area contributed by atoms with E-state index in [9.17, 15) is 9.18 Å². The Hall–Kier alpha value is -1.17. The zero-order chi connectivity index (χ0) is 18.1. The summed E-state index contributed by atoms with van der Waals surface area (Å²) < 4.78 is 14.5. The van der Waals surface area contributed by atoms with E-state index in [1.54, 1.807) is 12.1 Å². The van der Waals surface area contributed by atoms with E-state index in [1.807, 2.05) is 0 Å². The van der Waals surface area contributed by atoms with Crippen molar-refractivity contribution < 1.29 is 9.18 Å². The van der Waals surface area contributed by atoms with Crippen LogP contribution in [0.3, 0.4) is 0 Å². The third-order valence-corrected chi connectivity index (χ3v) is 6.33. The molecule has 1 aliphatic carbocycles. The van der Waals surface area contributed by atoms with Crippen LogP contribution in [0.25, 0.3) is 0 Å². The molecular formula is C20H27ClFN3O. The van der Waals surface area contributed by atoms with Crippen LogP contribution >= 0.6 is 11.6 Å². The Morgan fingerprint density at radius 3 is 2.65 bits per heavy atom. The molecule has 4 rings (SSSR count). The predicted octanol–water partition coefficient (Wildman–Crippen LogP) is 3.36. The molecule has 2 heterocycles. The summed E-state index contributed by atoms with van der Waals surface area (Å²) in [5.74, 6) is -0.199. The van der Waals surface area contributed by atoms with Gasteiger partial charge in [-0.25, -0.2) is 4.39 Å². The second-order valence-corrected chi connectivity index (χ2v) is 8.17. The van der Waals surface area contributed by atoms with Crippen LogP contribution in [-0.4, -0.2) is 54.0 Å². The Kier molecular flexibility index (Phi) is 5.48. The van der Waals surface area contributed by atoms with E-state index < -0.39 is 0 Å². The summed E-state index contributed by atoms with van der Waals surface area (Å²) in [6.45, 7) is 3.28. The van der Waals surface area contributed by atoms with Gasteiger partial charge in [-0.2, -0.15) is 0 Å². The maximum Gasteiger partial charge on any atom is 0.237 e. The smallest absolute Gasteiger partial charge is 0.237 e. The van der Waals surface area contributed by atoms with Gasteiger partial charge in [-0.15, -0.1) is 0 Å². The van der Waals surface area contributed by atoms with Crippen molar-refractivity contribution in [3.63, 3.8) is 0 Å². The number of benzene rings is 1. The van der Waals surface area contributed by atoms with Crippen LogP contribution < -0.4 is 5.32 Å². The van der Waals surface area contributed by atoms with Crippen molar-refractivity contribution in [3.05, 3.63) is 34.6 Å². The number of likely N-dealkylation sites (tertiary alicyclic amines) is 2. The molecule has 3 fully saturated rings. The first-order valence-corrected chi connectivity index (χ1v) is 10.2. The van der Waals surface area contributed by atoms with Crippen molar-refractivity contribution in [2.24, 2.45) is 0 Å². The molecule has 1 N–H and O–H groups in total. The van der Waals surface area contributed by atoms with Gasteiger partial charge in [0, 0.05) is 23.2 Å². The van der Waals surface area contributed by atoms with Crippen LogP contribution in [-0.2, 0) is 4.79 Å². The summed E-state index contributed by atoms with van der Waals surface area (Å²) in [7, 11) is 0. The molecule has 2 saturated heterocycles. The average molecular weight is 380 g/mol. The van der Waals surface area contributed by atoms with Crippen molar-refractivity contribution in [1.82, 2.24) is 15.1 Å². The van der Waals surface area contributed by atoms with Crippen molar-refractivity contribution >= 4 is 17.5 Å². The largest absolute Gasteiger partial charge is 0.353 e. The average Bonchev–Trinajstić information content (AvgIpc) is 3.11. The highest BCUT2D eigenvalue weighted by atomic mass is 35.5. The van der Waals surface area contributed by atoms with Crippen LogP contribution in [0.4, 0.5) is 4.39 Å². The summed E-state index contributed by atoms with van der Waals surface area (Å²) >= 11 is 6.33. The van der Waals surface area contributed by atoms with Crippen molar-refractivity contribution in [1.29, 1.82) is 0 Å². The van der Waals surface area contributed by atoms with E-state index in [4.69, 9.17) is 11.6 Å². The number of halogens is 2. The molecule has 26 heavy (non-hydrogen) atoms. The van der Waals surface area contributed by atoms with Gasteiger partial charge in [0.25, 0.3) is 0 Å². The Morgan fingerprint density at radius 1 is 1.19 bits per heavy atom. The third-order valence-electron chi connectivity index (χ3n) is 6.00. The molecule has 6 heteroatoms.